The van der Waals surface area contributed by atoms with Crippen LogP contribution in [0.1, 0.15) is 44.9 Å². The van der Waals surface area contributed by atoms with Crippen molar-refractivity contribution in [1.82, 2.24) is 24.9 Å². The zero-order valence-electron chi connectivity index (χ0n) is 12.9. The highest BCUT2D eigenvalue weighted by Crippen LogP contribution is 2.06. The van der Waals surface area contributed by atoms with Crippen LogP contribution in [0.3, 0.4) is 0 Å². The van der Waals surface area contributed by atoms with Crippen LogP contribution in [0.4, 0.5) is 0 Å². The summed E-state index contributed by atoms with van der Waals surface area (Å²) in [4.78, 5) is 0. The normalized spacial score (nSPS) is 11.7. The summed E-state index contributed by atoms with van der Waals surface area (Å²) in [6.45, 7) is 11.3. The fourth-order valence-corrected chi connectivity index (χ4v) is 2.07. The molecule has 20 heavy (non-hydrogen) atoms. The molecule has 5 heteroatoms. The maximum Gasteiger partial charge on any atom is 0.0534 e. The lowest BCUT2D eigenvalue weighted by Gasteiger charge is -2.04. The summed E-state index contributed by atoms with van der Waals surface area (Å²) in [6.07, 6.45) is 8.08. The van der Waals surface area contributed by atoms with Gasteiger partial charge in [-0.15, -0.1) is 0 Å². The maximum atomic E-state index is 4.37. The first-order valence-electron chi connectivity index (χ1n) is 7.29. The Kier molecular flexibility index (Phi) is 4.95. The molecule has 0 atom stereocenters. The molecule has 0 radical (unpaired) electrons. The minimum absolute atomic E-state index is 0.415. The van der Waals surface area contributed by atoms with Gasteiger partial charge in [-0.2, -0.15) is 10.2 Å². The van der Waals surface area contributed by atoms with Crippen molar-refractivity contribution in [2.45, 2.75) is 53.4 Å². The van der Waals surface area contributed by atoms with Crippen LogP contribution < -0.4 is 5.32 Å². The minimum atomic E-state index is 0.415. The number of nitrogens with one attached hydrogen (secondary N) is 1. The molecule has 0 bridgehead atoms. The Hall–Kier alpha value is -1.62. The zero-order valence-corrected chi connectivity index (χ0v) is 12.9. The summed E-state index contributed by atoms with van der Waals surface area (Å²) < 4.78 is 4.00. The fraction of sp³-hybridized carbons (Fsp3) is 0.600. The molecule has 1 N–H and O–H groups in total. The van der Waals surface area contributed by atoms with Crippen molar-refractivity contribution >= 4 is 0 Å². The van der Waals surface area contributed by atoms with Crippen molar-refractivity contribution < 1.29 is 0 Å². The second-order valence-corrected chi connectivity index (χ2v) is 5.99. The first-order valence-corrected chi connectivity index (χ1v) is 7.29. The van der Waals surface area contributed by atoms with Crippen LogP contribution in [0, 0.1) is 5.92 Å². The maximum absolute atomic E-state index is 4.37. The van der Waals surface area contributed by atoms with Crippen LogP contribution in [-0.2, 0) is 19.6 Å². The molecule has 110 valence electrons. The summed E-state index contributed by atoms with van der Waals surface area (Å²) in [5.41, 5.74) is 2.44. The Labute approximate surface area is 121 Å². The zero-order chi connectivity index (χ0) is 14.5. The van der Waals surface area contributed by atoms with E-state index in [4.69, 9.17) is 0 Å². The number of rotatable bonds is 7. The van der Waals surface area contributed by atoms with Gasteiger partial charge >= 0.3 is 0 Å². The van der Waals surface area contributed by atoms with Crippen molar-refractivity contribution in [2.75, 3.05) is 0 Å². The molecule has 0 aliphatic heterocycles. The van der Waals surface area contributed by atoms with E-state index in [1.165, 1.54) is 11.1 Å². The van der Waals surface area contributed by atoms with Gasteiger partial charge in [-0.3, -0.25) is 9.36 Å². The molecule has 0 spiro atoms. The highest BCUT2D eigenvalue weighted by atomic mass is 15.3. The van der Waals surface area contributed by atoms with Crippen molar-refractivity contribution in [1.29, 1.82) is 0 Å². The molecule has 2 aromatic heterocycles. The fourth-order valence-electron chi connectivity index (χ4n) is 2.07. The Balaban J connectivity index is 1.78. The van der Waals surface area contributed by atoms with Gasteiger partial charge in [-0.05, 0) is 19.8 Å². The van der Waals surface area contributed by atoms with Crippen molar-refractivity contribution in [3.05, 3.63) is 35.9 Å². The SMILES string of the molecule is CC(C)Cn1cc(CNCc2cnn(C(C)C)c2)cn1. The predicted octanol–water partition coefficient (Wildman–Crippen LogP) is 2.61. The molecule has 2 aromatic rings. The quantitative estimate of drug-likeness (QED) is 0.845. The molecule has 0 aromatic carbocycles. The summed E-state index contributed by atoms with van der Waals surface area (Å²) in [7, 11) is 0. The van der Waals surface area contributed by atoms with Gasteiger partial charge in [0.25, 0.3) is 0 Å². The van der Waals surface area contributed by atoms with E-state index in [0.29, 0.717) is 12.0 Å². The molecular weight excluding hydrogens is 250 g/mol. The molecule has 0 fully saturated rings. The standard InChI is InChI=1S/C15H25N5/c1-12(2)9-19-10-14(7-17-19)5-16-6-15-8-18-20(11-15)13(3)4/h7-8,10-13,16H,5-6,9H2,1-4H3. The van der Waals surface area contributed by atoms with Gasteiger partial charge < -0.3 is 5.32 Å². The van der Waals surface area contributed by atoms with E-state index < -0.39 is 0 Å². The lowest BCUT2D eigenvalue weighted by atomic mass is 10.2. The molecule has 0 saturated carbocycles. The largest absolute Gasteiger partial charge is 0.308 e. The second kappa shape index (κ2) is 6.70. The minimum Gasteiger partial charge on any atom is -0.308 e. The van der Waals surface area contributed by atoms with Crippen LogP contribution in [0.25, 0.3) is 0 Å². The smallest absolute Gasteiger partial charge is 0.0534 e. The van der Waals surface area contributed by atoms with E-state index in [-0.39, 0.29) is 0 Å². The van der Waals surface area contributed by atoms with Gasteiger partial charge in [0.05, 0.1) is 12.4 Å². The van der Waals surface area contributed by atoms with Crippen LogP contribution in [0.2, 0.25) is 0 Å². The Morgan fingerprint density at radius 1 is 1.00 bits per heavy atom. The van der Waals surface area contributed by atoms with E-state index in [0.717, 1.165) is 19.6 Å². The second-order valence-electron chi connectivity index (χ2n) is 5.99. The Morgan fingerprint density at radius 2 is 1.65 bits per heavy atom. The van der Waals surface area contributed by atoms with E-state index in [2.05, 4.69) is 55.6 Å². The summed E-state index contributed by atoms with van der Waals surface area (Å²) in [5.74, 6) is 0.623. The monoisotopic (exact) mass is 275 g/mol. The van der Waals surface area contributed by atoms with Gasteiger partial charge in [0.2, 0.25) is 0 Å². The molecule has 0 aliphatic carbocycles. The third-order valence-electron chi connectivity index (χ3n) is 3.08. The lowest BCUT2D eigenvalue weighted by molar-refractivity contribution is 0.482. The first-order chi connectivity index (χ1) is 9.54. The van der Waals surface area contributed by atoms with E-state index in [1.54, 1.807) is 0 Å². The number of aromatic nitrogens is 4. The average Bonchev–Trinajstić information content (AvgIpc) is 2.98. The third kappa shape index (κ3) is 4.20. The molecule has 0 saturated heterocycles. The Morgan fingerprint density at radius 3 is 2.25 bits per heavy atom. The van der Waals surface area contributed by atoms with Crippen molar-refractivity contribution in [3.8, 4) is 0 Å². The molecule has 0 unspecified atom stereocenters. The van der Waals surface area contributed by atoms with E-state index >= 15 is 0 Å². The molecule has 2 heterocycles. The first kappa shape index (κ1) is 14.8. The summed E-state index contributed by atoms with van der Waals surface area (Å²) >= 11 is 0. The third-order valence-corrected chi connectivity index (χ3v) is 3.08. The number of hydrogen-bond donors (Lipinski definition) is 1. The van der Waals surface area contributed by atoms with Crippen LogP contribution >= 0.6 is 0 Å². The summed E-state index contributed by atoms with van der Waals surface area (Å²) in [5, 5.41) is 12.1. The van der Waals surface area contributed by atoms with Gasteiger partial charge in [0, 0.05) is 49.2 Å². The van der Waals surface area contributed by atoms with Crippen LogP contribution in [-0.4, -0.2) is 19.6 Å². The van der Waals surface area contributed by atoms with Gasteiger partial charge in [-0.25, -0.2) is 0 Å². The van der Waals surface area contributed by atoms with Crippen LogP contribution in [0.5, 0.6) is 0 Å². The Bertz CT molecular complexity index is 524. The van der Waals surface area contributed by atoms with Crippen molar-refractivity contribution in [3.63, 3.8) is 0 Å². The highest BCUT2D eigenvalue weighted by molar-refractivity contribution is 5.06. The number of nitrogens with zero attached hydrogens (tertiary/aromatic N) is 4. The summed E-state index contributed by atoms with van der Waals surface area (Å²) in [6, 6.07) is 0.415. The van der Waals surface area contributed by atoms with Gasteiger partial charge in [0.15, 0.2) is 0 Å². The number of hydrogen-bond acceptors (Lipinski definition) is 3. The molecule has 5 nitrogen and oxygen atoms in total. The van der Waals surface area contributed by atoms with E-state index in [1.807, 2.05) is 21.8 Å². The predicted molar refractivity (Wildman–Crippen MR) is 80.2 cm³/mol. The van der Waals surface area contributed by atoms with Gasteiger partial charge in [-0.1, -0.05) is 13.8 Å². The molecule has 2 rings (SSSR count). The van der Waals surface area contributed by atoms with Crippen molar-refractivity contribution in [2.24, 2.45) is 5.92 Å². The van der Waals surface area contributed by atoms with Gasteiger partial charge in [0.1, 0.15) is 0 Å². The van der Waals surface area contributed by atoms with E-state index in [9.17, 15) is 0 Å². The topological polar surface area (TPSA) is 47.7 Å². The lowest BCUT2D eigenvalue weighted by Crippen LogP contribution is -2.12. The highest BCUT2D eigenvalue weighted by Gasteiger charge is 2.03. The van der Waals surface area contributed by atoms with Crippen LogP contribution in [0.15, 0.2) is 24.8 Å². The molecule has 0 aliphatic rings. The molecular formula is C15H25N5. The molecule has 0 amide bonds. The average molecular weight is 275 g/mol.